The van der Waals surface area contributed by atoms with Crippen LogP contribution in [0.4, 0.5) is 0 Å². The van der Waals surface area contributed by atoms with Crippen molar-refractivity contribution in [2.75, 3.05) is 20.7 Å². The molecule has 0 aliphatic carbocycles. The summed E-state index contributed by atoms with van der Waals surface area (Å²) in [6, 6.07) is 15.0. The maximum atomic E-state index is 13.2. The molecule has 4 aromatic rings. The fraction of sp³-hybridized carbons (Fsp3) is 0.333. The van der Waals surface area contributed by atoms with Crippen LogP contribution in [0.2, 0.25) is 0 Å². The number of aliphatic hydroxyl groups is 1. The van der Waals surface area contributed by atoms with Gasteiger partial charge in [0.15, 0.2) is 6.29 Å². The molecule has 2 aromatic carbocycles. The highest BCUT2D eigenvalue weighted by Crippen LogP contribution is 2.32. The van der Waals surface area contributed by atoms with Gasteiger partial charge in [0.05, 0.1) is 10.6 Å². The molecule has 210 valence electrons. The molecule has 0 radical (unpaired) electrons. The molecular weight excluding hydrogens is 530 g/mol. The number of carbonyl (C=O) groups is 3. The molecule has 0 spiro atoms. The van der Waals surface area contributed by atoms with E-state index >= 15 is 0 Å². The second-order valence-corrected chi connectivity index (χ2v) is 10.5. The van der Waals surface area contributed by atoms with Gasteiger partial charge in [-0.1, -0.05) is 17.3 Å². The Kier molecular flexibility index (Phi) is 9.46. The summed E-state index contributed by atoms with van der Waals surface area (Å²) in [6.07, 6.45) is -0.0891. The maximum Gasteiger partial charge on any atom is 0.331 e. The number of oxime groups is 1. The first kappa shape index (κ1) is 29.1. The molecule has 2 heterocycles. The quantitative estimate of drug-likeness (QED) is 0.0857. The minimum atomic E-state index is -0.974. The van der Waals surface area contributed by atoms with E-state index in [-0.39, 0.29) is 18.1 Å². The van der Waals surface area contributed by atoms with Gasteiger partial charge in [0, 0.05) is 79.9 Å². The second kappa shape index (κ2) is 13.0. The molecule has 1 unspecified atom stereocenters. The van der Waals surface area contributed by atoms with Crippen molar-refractivity contribution >= 4 is 56.5 Å². The van der Waals surface area contributed by atoms with Gasteiger partial charge in [0.2, 0.25) is 11.7 Å². The third-order valence-electron chi connectivity index (χ3n) is 6.52. The molecular formula is C30H33N3O6S. The van der Waals surface area contributed by atoms with Crippen molar-refractivity contribution in [2.45, 2.75) is 45.9 Å². The number of rotatable bonds is 12. The monoisotopic (exact) mass is 563 g/mol. The van der Waals surface area contributed by atoms with E-state index in [9.17, 15) is 19.5 Å². The Morgan fingerprint density at radius 1 is 1.02 bits per heavy atom. The summed E-state index contributed by atoms with van der Waals surface area (Å²) < 4.78 is 7.32. The Morgan fingerprint density at radius 3 is 2.30 bits per heavy atom. The van der Waals surface area contributed by atoms with Gasteiger partial charge in [-0.3, -0.25) is 9.59 Å². The summed E-state index contributed by atoms with van der Waals surface area (Å²) >= 11 is 1.39. The number of carbonyl (C=O) groups excluding carboxylic acids is 3. The van der Waals surface area contributed by atoms with E-state index in [2.05, 4.69) is 9.72 Å². The normalized spacial score (nSPS) is 12.6. The zero-order valence-corrected chi connectivity index (χ0v) is 23.9. The molecule has 0 saturated heterocycles. The fourth-order valence-electron chi connectivity index (χ4n) is 4.54. The van der Waals surface area contributed by atoms with Crippen LogP contribution in [0.15, 0.2) is 59.1 Å². The Balaban J connectivity index is 1.83. The molecule has 1 atom stereocenters. The van der Waals surface area contributed by atoms with Gasteiger partial charge < -0.3 is 24.1 Å². The molecule has 1 amide bonds. The van der Waals surface area contributed by atoms with E-state index in [1.165, 1.54) is 18.3 Å². The standard InChI is InChI=1S/C30H33N3O6S/c1-5-38-29(36)13-10-24(31-39-19(2)34)20-8-11-25-22(17-20)23-18-21(30(37)27-7-6-16-40-27)9-12-26(23)33(25)15-14-28(35)32(3)4/h6-9,11-12,16-18,29,36H,5,10,13-15H2,1-4H3/b31-24-. The van der Waals surface area contributed by atoms with Gasteiger partial charge in [-0.15, -0.1) is 11.3 Å². The van der Waals surface area contributed by atoms with Crippen molar-refractivity contribution in [1.29, 1.82) is 0 Å². The molecule has 40 heavy (non-hydrogen) atoms. The largest absolute Gasteiger partial charge is 0.368 e. The third-order valence-corrected chi connectivity index (χ3v) is 7.39. The highest BCUT2D eigenvalue weighted by atomic mass is 32.1. The van der Waals surface area contributed by atoms with Crippen LogP contribution < -0.4 is 0 Å². The summed E-state index contributed by atoms with van der Waals surface area (Å²) in [5.41, 5.74) is 3.54. The SMILES string of the molecule is CCOC(O)CC/C(=N/OC(C)=O)c1ccc2c(c1)c1cc(C(=O)c3cccs3)ccc1n2CCC(=O)N(C)C. The van der Waals surface area contributed by atoms with E-state index in [0.29, 0.717) is 47.7 Å². The molecule has 0 saturated carbocycles. The average Bonchev–Trinajstić information content (AvgIpc) is 3.57. The number of ether oxygens (including phenoxy) is 1. The Labute approximate surface area is 236 Å². The number of aromatic nitrogens is 1. The van der Waals surface area contributed by atoms with Crippen molar-refractivity contribution in [3.05, 3.63) is 69.9 Å². The van der Waals surface area contributed by atoms with Crippen molar-refractivity contribution in [3.8, 4) is 0 Å². The lowest BCUT2D eigenvalue weighted by atomic mass is 10.0. The smallest absolute Gasteiger partial charge is 0.331 e. The average molecular weight is 564 g/mol. The number of benzene rings is 2. The van der Waals surface area contributed by atoms with Gasteiger partial charge in [0.1, 0.15) is 0 Å². The van der Waals surface area contributed by atoms with E-state index in [1.54, 1.807) is 32.0 Å². The lowest BCUT2D eigenvalue weighted by Gasteiger charge is -2.13. The Bertz CT molecular complexity index is 1550. The summed E-state index contributed by atoms with van der Waals surface area (Å²) in [6.45, 7) is 3.90. The van der Waals surface area contributed by atoms with Crippen LogP contribution in [0.25, 0.3) is 21.8 Å². The highest BCUT2D eigenvalue weighted by molar-refractivity contribution is 7.12. The number of hydrogen-bond acceptors (Lipinski definition) is 8. The molecule has 0 aliphatic heterocycles. The van der Waals surface area contributed by atoms with E-state index in [1.807, 2.05) is 47.8 Å². The zero-order valence-electron chi connectivity index (χ0n) is 23.0. The molecule has 2 aromatic heterocycles. The van der Waals surface area contributed by atoms with Gasteiger partial charge in [-0.2, -0.15) is 0 Å². The molecule has 1 N–H and O–H groups in total. The Hall–Kier alpha value is -3.86. The van der Waals surface area contributed by atoms with Gasteiger partial charge in [-0.25, -0.2) is 4.79 Å². The number of ketones is 1. The topological polar surface area (TPSA) is 110 Å². The minimum Gasteiger partial charge on any atom is -0.368 e. The minimum absolute atomic E-state index is 0.0137. The molecule has 10 heteroatoms. The first-order valence-corrected chi connectivity index (χ1v) is 14.0. The lowest BCUT2D eigenvalue weighted by molar-refractivity contribution is -0.141. The first-order valence-electron chi connectivity index (χ1n) is 13.1. The predicted molar refractivity (Wildman–Crippen MR) is 156 cm³/mol. The van der Waals surface area contributed by atoms with Crippen LogP contribution in [0.3, 0.4) is 0 Å². The van der Waals surface area contributed by atoms with Gasteiger partial charge >= 0.3 is 5.97 Å². The molecule has 4 rings (SSSR count). The summed E-state index contributed by atoms with van der Waals surface area (Å²) in [5.74, 6) is -0.596. The number of nitrogens with zero attached hydrogens (tertiary/aromatic N) is 3. The number of thiophene rings is 1. The van der Waals surface area contributed by atoms with E-state index < -0.39 is 12.3 Å². The number of aryl methyl sites for hydroxylation is 1. The first-order chi connectivity index (χ1) is 19.2. The van der Waals surface area contributed by atoms with Crippen molar-refractivity contribution in [3.63, 3.8) is 0 Å². The Morgan fingerprint density at radius 2 is 1.70 bits per heavy atom. The molecule has 0 fully saturated rings. The van der Waals surface area contributed by atoms with Crippen LogP contribution in [0.1, 0.15) is 53.9 Å². The molecule has 0 aliphatic rings. The van der Waals surface area contributed by atoms with E-state index in [4.69, 9.17) is 9.57 Å². The highest BCUT2D eigenvalue weighted by Gasteiger charge is 2.18. The van der Waals surface area contributed by atoms with Gasteiger partial charge in [0.25, 0.3) is 0 Å². The fourth-order valence-corrected chi connectivity index (χ4v) is 5.23. The summed E-state index contributed by atoms with van der Waals surface area (Å²) in [4.78, 5) is 44.3. The number of hydrogen-bond donors (Lipinski definition) is 1. The number of amides is 1. The van der Waals surface area contributed by atoms with Gasteiger partial charge in [-0.05, 0) is 55.1 Å². The summed E-state index contributed by atoms with van der Waals surface area (Å²) in [7, 11) is 3.46. The summed E-state index contributed by atoms with van der Waals surface area (Å²) in [5, 5.41) is 17.8. The van der Waals surface area contributed by atoms with Crippen LogP contribution >= 0.6 is 11.3 Å². The van der Waals surface area contributed by atoms with Crippen molar-refractivity contribution in [2.24, 2.45) is 5.16 Å². The molecule has 0 bridgehead atoms. The predicted octanol–water partition coefficient (Wildman–Crippen LogP) is 4.97. The molecule has 9 nitrogen and oxygen atoms in total. The number of fused-ring (bicyclic) bond motifs is 3. The maximum absolute atomic E-state index is 13.2. The van der Waals surface area contributed by atoms with Crippen molar-refractivity contribution in [1.82, 2.24) is 9.47 Å². The van der Waals surface area contributed by atoms with E-state index in [0.717, 1.165) is 21.8 Å². The van der Waals surface area contributed by atoms with Crippen LogP contribution in [0.5, 0.6) is 0 Å². The number of aliphatic hydroxyl groups excluding tert-OH is 1. The second-order valence-electron chi connectivity index (χ2n) is 9.53. The zero-order chi connectivity index (χ0) is 28.8. The van der Waals surface area contributed by atoms with Crippen LogP contribution in [-0.4, -0.2) is 64.9 Å². The third kappa shape index (κ3) is 6.64. The van der Waals surface area contributed by atoms with Crippen LogP contribution in [0, 0.1) is 0 Å². The lowest BCUT2D eigenvalue weighted by Crippen LogP contribution is -2.22. The van der Waals surface area contributed by atoms with Crippen molar-refractivity contribution < 1.29 is 29.1 Å². The van der Waals surface area contributed by atoms with Crippen LogP contribution in [-0.2, 0) is 25.7 Å².